The van der Waals surface area contributed by atoms with Crippen LogP contribution in [0.2, 0.25) is 0 Å². The molecular formula is C29H49N13O4. The van der Waals surface area contributed by atoms with Crippen LogP contribution in [0.5, 0.6) is 0 Å². The van der Waals surface area contributed by atoms with Crippen molar-refractivity contribution in [3.8, 4) is 0 Å². The van der Waals surface area contributed by atoms with Gasteiger partial charge in [-0.25, -0.2) is 0 Å². The third kappa shape index (κ3) is 13.4. The van der Waals surface area contributed by atoms with Gasteiger partial charge in [-0.15, -0.1) is 0 Å². The Morgan fingerprint density at radius 1 is 0.717 bits per heavy atom. The molecule has 17 nitrogen and oxygen atoms in total. The topological polar surface area (TPSA) is 327 Å². The molecule has 1 heterocycles. The first kappa shape index (κ1) is 37.3. The number of hydrogen-bond acceptors (Lipinski definition) is 8. The van der Waals surface area contributed by atoms with Crippen LogP contribution < -0.4 is 56.1 Å². The van der Waals surface area contributed by atoms with E-state index in [9.17, 15) is 19.2 Å². The van der Waals surface area contributed by atoms with Gasteiger partial charge in [0.25, 0.3) is 0 Å². The van der Waals surface area contributed by atoms with Crippen molar-refractivity contribution in [3.63, 3.8) is 0 Å². The van der Waals surface area contributed by atoms with Crippen molar-refractivity contribution in [3.05, 3.63) is 36.0 Å². The zero-order chi connectivity index (χ0) is 34.1. The van der Waals surface area contributed by atoms with Crippen LogP contribution in [0.4, 0.5) is 0 Å². The number of para-hydroxylation sites is 1. The second-order valence-corrected chi connectivity index (χ2v) is 11.0. The number of aromatic nitrogens is 1. The monoisotopic (exact) mass is 643 g/mol. The summed E-state index contributed by atoms with van der Waals surface area (Å²) in [5, 5.41) is 9.06. The number of aliphatic imine (C=N–C) groups is 2. The molecule has 0 aliphatic carbocycles. The van der Waals surface area contributed by atoms with Crippen molar-refractivity contribution in [2.75, 3.05) is 19.6 Å². The Labute approximate surface area is 267 Å². The Kier molecular flexibility index (Phi) is 15.8. The van der Waals surface area contributed by atoms with Gasteiger partial charge in [-0.05, 0) is 56.6 Å². The maximum atomic E-state index is 13.4. The molecule has 18 N–H and O–H groups in total. The van der Waals surface area contributed by atoms with E-state index in [1.54, 1.807) is 6.20 Å². The summed E-state index contributed by atoms with van der Waals surface area (Å²) < 4.78 is 0. The highest BCUT2D eigenvalue weighted by molar-refractivity contribution is 5.93. The minimum absolute atomic E-state index is 0.0227. The molecule has 1 aromatic carbocycles. The molecule has 0 unspecified atom stereocenters. The molecule has 0 saturated heterocycles. The minimum Gasteiger partial charge on any atom is -0.370 e. The largest absolute Gasteiger partial charge is 0.370 e. The number of nitrogens with one attached hydrogen (secondary N) is 4. The van der Waals surface area contributed by atoms with Crippen molar-refractivity contribution in [1.82, 2.24) is 20.9 Å². The Balaban J connectivity index is 1.99. The van der Waals surface area contributed by atoms with Gasteiger partial charge in [0.15, 0.2) is 11.9 Å². The molecule has 254 valence electrons. The predicted octanol–water partition coefficient (Wildman–Crippen LogP) is -2.79. The van der Waals surface area contributed by atoms with E-state index in [0.717, 1.165) is 16.5 Å². The molecule has 0 aliphatic rings. The molecule has 4 atom stereocenters. The molecule has 0 spiro atoms. The van der Waals surface area contributed by atoms with Crippen LogP contribution in [-0.4, -0.2) is 84.3 Å². The number of H-pyrrole nitrogens is 1. The number of nitrogens with two attached hydrogens (primary N) is 7. The fraction of sp³-hybridized carbons (Fsp3) is 0.517. The first-order valence-electron chi connectivity index (χ1n) is 15.2. The van der Waals surface area contributed by atoms with E-state index in [1.807, 2.05) is 24.3 Å². The van der Waals surface area contributed by atoms with Gasteiger partial charge in [0, 0.05) is 43.2 Å². The van der Waals surface area contributed by atoms with Crippen LogP contribution in [0.25, 0.3) is 10.9 Å². The Bertz CT molecular complexity index is 1350. The first-order valence-corrected chi connectivity index (χ1v) is 15.2. The fourth-order valence-electron chi connectivity index (χ4n) is 4.68. The average molecular weight is 644 g/mol. The smallest absolute Gasteiger partial charge is 0.243 e. The Morgan fingerprint density at radius 2 is 1.30 bits per heavy atom. The number of guanidine groups is 2. The normalized spacial score (nSPS) is 13.5. The van der Waals surface area contributed by atoms with Crippen LogP contribution >= 0.6 is 0 Å². The number of carbonyl (C=O) groups is 4. The van der Waals surface area contributed by atoms with Gasteiger partial charge in [0.05, 0.1) is 12.1 Å². The highest BCUT2D eigenvalue weighted by Gasteiger charge is 2.28. The van der Waals surface area contributed by atoms with E-state index >= 15 is 0 Å². The number of benzene rings is 1. The quantitative estimate of drug-likeness (QED) is 0.0377. The molecule has 0 fully saturated rings. The molecule has 2 aromatic rings. The summed E-state index contributed by atoms with van der Waals surface area (Å²) in [7, 11) is 0. The number of fused-ring (bicyclic) bond motifs is 1. The highest BCUT2D eigenvalue weighted by atomic mass is 16.2. The van der Waals surface area contributed by atoms with Gasteiger partial charge >= 0.3 is 0 Å². The van der Waals surface area contributed by atoms with Crippen molar-refractivity contribution in [1.29, 1.82) is 0 Å². The molecule has 0 bridgehead atoms. The van der Waals surface area contributed by atoms with Crippen molar-refractivity contribution in [2.45, 2.75) is 75.5 Å². The van der Waals surface area contributed by atoms with E-state index < -0.39 is 41.9 Å². The second kappa shape index (κ2) is 19.5. The summed E-state index contributed by atoms with van der Waals surface area (Å²) in [6, 6.07) is 3.85. The summed E-state index contributed by atoms with van der Waals surface area (Å²) in [5.41, 5.74) is 40.6. The van der Waals surface area contributed by atoms with Crippen molar-refractivity contribution in [2.24, 2.45) is 50.1 Å². The van der Waals surface area contributed by atoms with E-state index in [2.05, 4.69) is 30.9 Å². The third-order valence-electron chi connectivity index (χ3n) is 7.22. The van der Waals surface area contributed by atoms with Gasteiger partial charge in [0.2, 0.25) is 23.6 Å². The van der Waals surface area contributed by atoms with Gasteiger partial charge in [0.1, 0.15) is 12.1 Å². The van der Waals surface area contributed by atoms with Crippen molar-refractivity contribution >= 4 is 46.5 Å². The lowest BCUT2D eigenvalue weighted by atomic mass is 10.0. The van der Waals surface area contributed by atoms with Gasteiger partial charge in [-0.2, -0.15) is 0 Å². The molecule has 0 radical (unpaired) electrons. The number of unbranched alkanes of at least 4 members (excludes halogenated alkanes) is 1. The van der Waals surface area contributed by atoms with E-state index in [1.165, 1.54) is 0 Å². The molecular weight excluding hydrogens is 594 g/mol. The molecule has 0 saturated carbocycles. The summed E-state index contributed by atoms with van der Waals surface area (Å²) in [6.07, 6.45) is 4.73. The van der Waals surface area contributed by atoms with Crippen LogP contribution in [-0.2, 0) is 25.6 Å². The maximum Gasteiger partial charge on any atom is 0.243 e. The number of nitrogens with zero attached hydrogens (tertiary/aromatic N) is 2. The van der Waals surface area contributed by atoms with Crippen LogP contribution in [0, 0.1) is 0 Å². The number of amides is 4. The van der Waals surface area contributed by atoms with E-state index in [0.29, 0.717) is 51.7 Å². The zero-order valence-electron chi connectivity index (χ0n) is 26.0. The highest BCUT2D eigenvalue weighted by Crippen LogP contribution is 2.19. The van der Waals surface area contributed by atoms with Gasteiger partial charge in [-0.3, -0.25) is 29.2 Å². The van der Waals surface area contributed by atoms with Crippen molar-refractivity contribution < 1.29 is 19.2 Å². The zero-order valence-corrected chi connectivity index (χ0v) is 26.0. The van der Waals surface area contributed by atoms with E-state index in [4.69, 9.17) is 40.1 Å². The number of primary amides is 1. The standard InChI is InChI=1S/C29H49N13O4/c30-19(8-5-13-38-28(33)34)25(44)37-12-4-3-11-22(41-26(45)20(31)9-6-14-39-29(35)36)27(46)42-23(24(32)43)15-17-16-40-21-10-2-1-7-18(17)21/h1-2,7,10,16,19-20,22-23,40H,3-6,8-9,11-15,30-31H2,(H2,32,43)(H,37,44)(H,41,45)(H,42,46)(H4,33,34,38)(H4,35,36,39)/t19-,20-,22-,23-/m0/s1. The minimum atomic E-state index is -1.04. The summed E-state index contributed by atoms with van der Waals surface area (Å²) in [6.45, 7) is 0.974. The molecule has 4 amide bonds. The SMILES string of the molecule is NC(=O)[C@H](Cc1c[nH]c2ccccc12)NC(=O)[C@H](CCCCNC(=O)[C@@H](N)CCCN=C(N)N)NC(=O)[C@@H](N)CCCN=C(N)N. The van der Waals surface area contributed by atoms with Gasteiger partial charge < -0.3 is 61.1 Å². The average Bonchev–Trinajstić information content (AvgIpc) is 3.42. The van der Waals surface area contributed by atoms with Crippen LogP contribution in [0.1, 0.15) is 50.5 Å². The summed E-state index contributed by atoms with van der Waals surface area (Å²) in [4.78, 5) is 61.9. The summed E-state index contributed by atoms with van der Waals surface area (Å²) >= 11 is 0. The van der Waals surface area contributed by atoms with E-state index in [-0.39, 0.29) is 37.1 Å². The molecule has 1 aromatic heterocycles. The lowest BCUT2D eigenvalue weighted by Gasteiger charge is -2.23. The number of carbonyl (C=O) groups excluding carboxylic acids is 4. The lowest BCUT2D eigenvalue weighted by Crippen LogP contribution is -2.55. The second-order valence-electron chi connectivity index (χ2n) is 11.0. The Hall–Kier alpha value is -4.90. The van der Waals surface area contributed by atoms with Gasteiger partial charge in [-0.1, -0.05) is 18.2 Å². The number of rotatable bonds is 21. The first-order chi connectivity index (χ1) is 21.9. The fourth-order valence-corrected chi connectivity index (χ4v) is 4.68. The third-order valence-corrected chi connectivity index (χ3v) is 7.22. The maximum absolute atomic E-state index is 13.4. The van der Waals surface area contributed by atoms with Crippen LogP contribution in [0.3, 0.4) is 0 Å². The molecule has 2 rings (SSSR count). The van der Waals surface area contributed by atoms with Crippen LogP contribution in [0.15, 0.2) is 40.4 Å². The number of aromatic amines is 1. The molecule has 0 aliphatic heterocycles. The summed E-state index contributed by atoms with van der Waals surface area (Å²) in [5.74, 6) is -2.26. The number of hydrogen-bond donors (Lipinski definition) is 11. The lowest BCUT2D eigenvalue weighted by molar-refractivity contribution is -0.132. The molecule has 46 heavy (non-hydrogen) atoms. The Morgan fingerprint density at radius 3 is 1.91 bits per heavy atom. The predicted molar refractivity (Wildman–Crippen MR) is 178 cm³/mol. The molecule has 17 heteroatoms.